The molecule has 0 amide bonds. The molecular weight excluding hydrogens is 216 g/mol. The molecule has 1 aromatic carbocycles. The zero-order valence-corrected chi connectivity index (χ0v) is 10.5. The van der Waals surface area contributed by atoms with E-state index in [2.05, 4.69) is 19.2 Å². The first kappa shape index (κ1) is 11.9. The van der Waals surface area contributed by atoms with E-state index in [-0.39, 0.29) is 10.6 Å². The third-order valence-electron chi connectivity index (χ3n) is 3.76. The van der Waals surface area contributed by atoms with Crippen LogP contribution in [0, 0.1) is 28.4 Å². The fourth-order valence-electron chi connectivity index (χ4n) is 2.17. The molecule has 4 nitrogen and oxygen atoms in total. The van der Waals surface area contributed by atoms with E-state index in [1.807, 2.05) is 6.07 Å². The van der Waals surface area contributed by atoms with E-state index >= 15 is 0 Å². The molecule has 0 aromatic heterocycles. The van der Waals surface area contributed by atoms with E-state index in [4.69, 9.17) is 0 Å². The van der Waals surface area contributed by atoms with Gasteiger partial charge in [0.2, 0.25) is 0 Å². The summed E-state index contributed by atoms with van der Waals surface area (Å²) in [6.45, 7) is 7.19. The van der Waals surface area contributed by atoms with Crippen molar-refractivity contribution in [3.05, 3.63) is 33.9 Å². The van der Waals surface area contributed by atoms with Gasteiger partial charge in [0.25, 0.3) is 5.69 Å². The molecule has 0 saturated heterocycles. The fourth-order valence-corrected chi connectivity index (χ4v) is 2.17. The van der Waals surface area contributed by atoms with Crippen molar-refractivity contribution >= 4 is 11.4 Å². The van der Waals surface area contributed by atoms with Crippen LogP contribution in [0.1, 0.15) is 25.8 Å². The Morgan fingerprint density at radius 3 is 2.71 bits per heavy atom. The van der Waals surface area contributed by atoms with Crippen molar-refractivity contribution in [3.8, 4) is 0 Å². The van der Waals surface area contributed by atoms with Gasteiger partial charge in [0.1, 0.15) is 0 Å². The Balaban J connectivity index is 2.06. The average Bonchev–Trinajstić information content (AvgIpc) is 2.84. The van der Waals surface area contributed by atoms with Gasteiger partial charge in [-0.3, -0.25) is 10.1 Å². The van der Waals surface area contributed by atoms with E-state index in [9.17, 15) is 10.1 Å². The van der Waals surface area contributed by atoms with Crippen LogP contribution in [0.5, 0.6) is 0 Å². The van der Waals surface area contributed by atoms with Crippen molar-refractivity contribution in [2.75, 3.05) is 11.9 Å². The molecule has 1 aromatic rings. The first-order chi connectivity index (χ1) is 7.92. The van der Waals surface area contributed by atoms with Gasteiger partial charge in [0, 0.05) is 23.9 Å². The van der Waals surface area contributed by atoms with Gasteiger partial charge >= 0.3 is 0 Å². The molecule has 4 heteroatoms. The van der Waals surface area contributed by atoms with E-state index in [0.29, 0.717) is 11.3 Å². The quantitative estimate of drug-likeness (QED) is 0.642. The van der Waals surface area contributed by atoms with Crippen LogP contribution in [0.3, 0.4) is 0 Å². The van der Waals surface area contributed by atoms with Crippen molar-refractivity contribution in [2.45, 2.75) is 27.2 Å². The molecule has 0 aliphatic heterocycles. The molecule has 1 saturated carbocycles. The Kier molecular flexibility index (Phi) is 2.81. The molecule has 0 heterocycles. The van der Waals surface area contributed by atoms with Crippen molar-refractivity contribution in [1.82, 2.24) is 0 Å². The predicted molar refractivity (Wildman–Crippen MR) is 68.2 cm³/mol. The summed E-state index contributed by atoms with van der Waals surface area (Å²) in [5.74, 6) is 0.682. The van der Waals surface area contributed by atoms with E-state index < -0.39 is 0 Å². The number of anilines is 1. The maximum Gasteiger partial charge on any atom is 0.274 e. The summed E-state index contributed by atoms with van der Waals surface area (Å²) in [7, 11) is 0. The van der Waals surface area contributed by atoms with Crippen LogP contribution in [-0.2, 0) is 0 Å². The number of rotatable bonds is 4. The normalized spacial score (nSPS) is 21.0. The number of nitro groups is 1. The summed E-state index contributed by atoms with van der Waals surface area (Å²) in [4.78, 5) is 10.5. The first-order valence-corrected chi connectivity index (χ1v) is 5.90. The predicted octanol–water partition coefficient (Wildman–Crippen LogP) is 3.36. The number of hydrogen-bond donors (Lipinski definition) is 1. The zero-order chi connectivity index (χ0) is 12.6. The van der Waals surface area contributed by atoms with E-state index in [0.717, 1.165) is 17.8 Å². The highest BCUT2D eigenvalue weighted by atomic mass is 16.6. The molecule has 0 bridgehead atoms. The molecule has 17 heavy (non-hydrogen) atoms. The number of nitrogens with zero attached hydrogens (tertiary/aromatic N) is 1. The highest BCUT2D eigenvalue weighted by Gasteiger charge is 2.44. The second-order valence-electron chi connectivity index (χ2n) is 5.48. The summed E-state index contributed by atoms with van der Waals surface area (Å²) >= 11 is 0. The third kappa shape index (κ3) is 2.40. The van der Waals surface area contributed by atoms with Crippen LogP contribution >= 0.6 is 0 Å². The van der Waals surface area contributed by atoms with Gasteiger partial charge in [0.05, 0.1) is 4.92 Å². The summed E-state index contributed by atoms with van der Waals surface area (Å²) in [6, 6.07) is 5.17. The van der Waals surface area contributed by atoms with E-state index in [1.165, 1.54) is 6.42 Å². The van der Waals surface area contributed by atoms with Crippen LogP contribution in [0.25, 0.3) is 0 Å². The summed E-state index contributed by atoms with van der Waals surface area (Å²) in [5.41, 5.74) is 2.21. The molecule has 0 spiro atoms. The lowest BCUT2D eigenvalue weighted by atomic mass is 10.1. The molecule has 0 radical (unpaired) electrons. The molecule has 1 atom stereocenters. The first-order valence-electron chi connectivity index (χ1n) is 5.90. The minimum absolute atomic E-state index is 0.185. The van der Waals surface area contributed by atoms with Crippen LogP contribution in [0.15, 0.2) is 18.2 Å². The molecule has 92 valence electrons. The lowest BCUT2D eigenvalue weighted by molar-refractivity contribution is -0.385. The number of hydrogen-bond acceptors (Lipinski definition) is 3. The van der Waals surface area contributed by atoms with Crippen molar-refractivity contribution in [3.63, 3.8) is 0 Å². The van der Waals surface area contributed by atoms with Crippen LogP contribution in [0.4, 0.5) is 11.4 Å². The van der Waals surface area contributed by atoms with Gasteiger partial charge in [-0.05, 0) is 30.7 Å². The molecule has 1 fully saturated rings. The minimum atomic E-state index is -0.332. The smallest absolute Gasteiger partial charge is 0.274 e. The number of nitrogens with one attached hydrogen (secondary N) is 1. The summed E-state index contributed by atoms with van der Waals surface area (Å²) in [5, 5.41) is 14.1. The second kappa shape index (κ2) is 4.02. The van der Waals surface area contributed by atoms with E-state index in [1.54, 1.807) is 19.1 Å². The number of nitro benzene ring substituents is 1. The fraction of sp³-hybridized carbons (Fsp3) is 0.538. The Bertz CT molecular complexity index is 455. The monoisotopic (exact) mass is 234 g/mol. The molecular formula is C13H18N2O2. The van der Waals surface area contributed by atoms with Gasteiger partial charge < -0.3 is 5.32 Å². The van der Waals surface area contributed by atoms with Gasteiger partial charge in [-0.2, -0.15) is 0 Å². The molecule has 2 rings (SSSR count). The maximum absolute atomic E-state index is 10.8. The number of benzene rings is 1. The Morgan fingerprint density at radius 2 is 2.18 bits per heavy atom. The van der Waals surface area contributed by atoms with Gasteiger partial charge in [-0.1, -0.05) is 19.9 Å². The lowest BCUT2D eigenvalue weighted by Crippen LogP contribution is -2.08. The average molecular weight is 234 g/mol. The topological polar surface area (TPSA) is 55.2 Å². The summed E-state index contributed by atoms with van der Waals surface area (Å²) in [6.07, 6.45) is 1.23. The zero-order valence-electron chi connectivity index (χ0n) is 10.5. The molecule has 1 aliphatic rings. The second-order valence-corrected chi connectivity index (χ2v) is 5.48. The Labute approximate surface area is 101 Å². The highest BCUT2D eigenvalue weighted by Crippen LogP contribution is 2.51. The standard InChI is InChI=1S/C13H18N2O2/c1-9-11(5-4-6-12(9)15(16)17)14-8-10-7-13(10,2)3/h4-6,10,14H,7-8H2,1-3H3. The maximum atomic E-state index is 10.8. The molecule has 1 N–H and O–H groups in total. The van der Waals surface area contributed by atoms with Crippen LogP contribution < -0.4 is 5.32 Å². The molecule has 1 aliphatic carbocycles. The Morgan fingerprint density at radius 1 is 1.53 bits per heavy atom. The van der Waals surface area contributed by atoms with Crippen LogP contribution in [-0.4, -0.2) is 11.5 Å². The van der Waals surface area contributed by atoms with Crippen LogP contribution in [0.2, 0.25) is 0 Å². The summed E-state index contributed by atoms with van der Waals surface area (Å²) < 4.78 is 0. The van der Waals surface area contributed by atoms with Crippen molar-refractivity contribution < 1.29 is 4.92 Å². The van der Waals surface area contributed by atoms with Gasteiger partial charge in [-0.25, -0.2) is 0 Å². The minimum Gasteiger partial charge on any atom is -0.384 e. The largest absolute Gasteiger partial charge is 0.384 e. The SMILES string of the molecule is Cc1c(NCC2CC2(C)C)cccc1[N+](=O)[O-]. The van der Waals surface area contributed by atoms with Gasteiger partial charge in [-0.15, -0.1) is 0 Å². The highest BCUT2D eigenvalue weighted by molar-refractivity contribution is 5.59. The Hall–Kier alpha value is -1.58. The van der Waals surface area contributed by atoms with Crippen molar-refractivity contribution in [2.24, 2.45) is 11.3 Å². The lowest BCUT2D eigenvalue weighted by Gasteiger charge is -2.10. The molecule has 1 unspecified atom stereocenters. The third-order valence-corrected chi connectivity index (χ3v) is 3.76. The van der Waals surface area contributed by atoms with Gasteiger partial charge in [0.15, 0.2) is 0 Å². The van der Waals surface area contributed by atoms with Crippen molar-refractivity contribution in [1.29, 1.82) is 0 Å².